The Kier molecular flexibility index (Phi) is 7.78. The fourth-order valence-corrected chi connectivity index (χ4v) is 3.84. The lowest BCUT2D eigenvalue weighted by Gasteiger charge is -2.13. The Morgan fingerprint density at radius 1 is 1.16 bits per heavy atom. The highest BCUT2D eigenvalue weighted by Crippen LogP contribution is 2.26. The summed E-state index contributed by atoms with van der Waals surface area (Å²) in [5.74, 6) is 0.689. The molecule has 1 aromatic heterocycles. The number of carbonyl (C=O) groups excluding carboxylic acids is 2. The highest BCUT2D eigenvalue weighted by atomic mass is 32.1. The number of aryl methyl sites for hydroxylation is 1. The topological polar surface area (TPSA) is 80.3 Å². The van der Waals surface area contributed by atoms with Gasteiger partial charge in [-0.25, -0.2) is 4.98 Å². The van der Waals surface area contributed by atoms with Gasteiger partial charge in [-0.05, 0) is 43.5 Å². The zero-order valence-corrected chi connectivity index (χ0v) is 18.8. The largest absolute Gasteiger partial charge is 0.494 e. The summed E-state index contributed by atoms with van der Waals surface area (Å²) in [6.45, 7) is 5.96. The second kappa shape index (κ2) is 10.7. The Labute approximate surface area is 186 Å². The average molecular weight is 438 g/mol. The van der Waals surface area contributed by atoms with E-state index in [0.717, 1.165) is 28.1 Å². The van der Waals surface area contributed by atoms with Crippen LogP contribution in [0.5, 0.6) is 5.75 Å². The van der Waals surface area contributed by atoms with E-state index >= 15 is 0 Å². The molecular formula is C24H27N3O3S. The monoisotopic (exact) mass is 437 g/mol. The normalized spacial score (nSPS) is 11.6. The van der Waals surface area contributed by atoms with Gasteiger partial charge in [-0.15, -0.1) is 11.3 Å². The van der Waals surface area contributed by atoms with Gasteiger partial charge < -0.3 is 15.4 Å². The van der Waals surface area contributed by atoms with Crippen LogP contribution >= 0.6 is 11.3 Å². The fraction of sp³-hybridized carbons (Fsp3) is 0.292. The summed E-state index contributed by atoms with van der Waals surface area (Å²) in [6.07, 6.45) is 1.00. The Balaban J connectivity index is 1.46. The molecule has 2 aromatic carbocycles. The number of amides is 2. The standard InChI is InChI=1S/C24H27N3O3S/c1-16-6-4-7-21(14-16)30-13-5-8-23(29)27-24-26-22(15-31-24)20-11-9-19(10-12-20)17(2)25-18(3)28/h4,6-7,9-12,14-15,17H,5,8,13H2,1-3H3,(H,25,28)(H,26,27,29). The molecule has 0 saturated carbocycles. The van der Waals surface area contributed by atoms with Gasteiger partial charge in [-0.2, -0.15) is 0 Å². The molecule has 1 unspecified atom stereocenters. The zero-order valence-electron chi connectivity index (χ0n) is 18.0. The number of benzene rings is 2. The van der Waals surface area contributed by atoms with E-state index in [0.29, 0.717) is 24.6 Å². The summed E-state index contributed by atoms with van der Waals surface area (Å²) >= 11 is 1.40. The number of ether oxygens (including phenoxy) is 1. The molecule has 0 aliphatic heterocycles. The van der Waals surface area contributed by atoms with Crippen molar-refractivity contribution in [2.75, 3.05) is 11.9 Å². The van der Waals surface area contributed by atoms with Gasteiger partial charge in [0.2, 0.25) is 11.8 Å². The van der Waals surface area contributed by atoms with Crippen molar-refractivity contribution < 1.29 is 14.3 Å². The first kappa shape index (κ1) is 22.5. The van der Waals surface area contributed by atoms with Crippen molar-refractivity contribution in [3.8, 4) is 17.0 Å². The number of rotatable bonds is 9. The van der Waals surface area contributed by atoms with Crippen LogP contribution in [0, 0.1) is 6.92 Å². The van der Waals surface area contributed by atoms with E-state index in [9.17, 15) is 9.59 Å². The number of aromatic nitrogens is 1. The van der Waals surface area contributed by atoms with Crippen LogP contribution < -0.4 is 15.4 Å². The van der Waals surface area contributed by atoms with E-state index < -0.39 is 0 Å². The molecule has 2 N–H and O–H groups in total. The molecule has 0 spiro atoms. The number of thiazole rings is 1. The summed E-state index contributed by atoms with van der Waals surface area (Å²) in [7, 11) is 0. The SMILES string of the molecule is CC(=O)NC(C)c1ccc(-c2csc(NC(=O)CCCOc3cccc(C)c3)n2)cc1. The van der Waals surface area contributed by atoms with Gasteiger partial charge in [-0.1, -0.05) is 36.4 Å². The van der Waals surface area contributed by atoms with Gasteiger partial charge in [0, 0.05) is 24.3 Å². The van der Waals surface area contributed by atoms with Crippen LogP contribution in [0.25, 0.3) is 11.3 Å². The molecule has 31 heavy (non-hydrogen) atoms. The third-order valence-corrected chi connectivity index (χ3v) is 5.44. The van der Waals surface area contributed by atoms with Crippen LogP contribution in [0.1, 0.15) is 43.9 Å². The van der Waals surface area contributed by atoms with Crippen LogP contribution in [0.4, 0.5) is 5.13 Å². The van der Waals surface area contributed by atoms with E-state index in [1.807, 2.05) is 67.8 Å². The van der Waals surface area contributed by atoms with Crippen molar-refractivity contribution >= 4 is 28.3 Å². The Bertz CT molecular complexity index is 1030. The Morgan fingerprint density at radius 3 is 2.65 bits per heavy atom. The minimum absolute atomic E-state index is 0.0493. The second-order valence-corrected chi connectivity index (χ2v) is 8.26. The van der Waals surface area contributed by atoms with Gasteiger partial charge in [0.1, 0.15) is 5.75 Å². The van der Waals surface area contributed by atoms with Crippen LogP contribution in [0.3, 0.4) is 0 Å². The second-order valence-electron chi connectivity index (χ2n) is 7.40. The molecule has 2 amide bonds. The molecule has 0 aliphatic rings. The minimum atomic E-state index is -0.0757. The van der Waals surface area contributed by atoms with Gasteiger partial charge in [-0.3, -0.25) is 9.59 Å². The highest BCUT2D eigenvalue weighted by Gasteiger charge is 2.10. The minimum Gasteiger partial charge on any atom is -0.494 e. The third-order valence-electron chi connectivity index (χ3n) is 4.68. The highest BCUT2D eigenvalue weighted by molar-refractivity contribution is 7.14. The number of nitrogens with one attached hydrogen (secondary N) is 2. The van der Waals surface area contributed by atoms with Crippen LogP contribution in [0.15, 0.2) is 53.9 Å². The number of anilines is 1. The lowest BCUT2D eigenvalue weighted by Crippen LogP contribution is -2.23. The van der Waals surface area contributed by atoms with Crippen molar-refractivity contribution in [3.05, 3.63) is 65.0 Å². The summed E-state index contributed by atoms with van der Waals surface area (Å²) in [5.41, 5.74) is 3.94. The molecule has 3 aromatic rings. The van der Waals surface area contributed by atoms with Crippen molar-refractivity contribution in [1.29, 1.82) is 0 Å². The molecular weight excluding hydrogens is 410 g/mol. The van der Waals surface area contributed by atoms with E-state index in [4.69, 9.17) is 4.74 Å². The Morgan fingerprint density at radius 2 is 1.94 bits per heavy atom. The molecule has 0 bridgehead atoms. The summed E-state index contributed by atoms with van der Waals surface area (Å²) < 4.78 is 5.68. The lowest BCUT2D eigenvalue weighted by atomic mass is 10.1. The van der Waals surface area contributed by atoms with Crippen LogP contribution in [-0.4, -0.2) is 23.4 Å². The van der Waals surface area contributed by atoms with Gasteiger partial charge in [0.15, 0.2) is 5.13 Å². The molecule has 7 heteroatoms. The first-order valence-corrected chi connectivity index (χ1v) is 11.1. The summed E-state index contributed by atoms with van der Waals surface area (Å²) in [4.78, 5) is 27.9. The predicted molar refractivity (Wildman–Crippen MR) is 124 cm³/mol. The van der Waals surface area contributed by atoms with Crippen molar-refractivity contribution in [1.82, 2.24) is 10.3 Å². The first-order chi connectivity index (χ1) is 14.9. The molecule has 1 heterocycles. The van der Waals surface area contributed by atoms with Crippen LogP contribution in [-0.2, 0) is 9.59 Å². The molecule has 162 valence electrons. The lowest BCUT2D eigenvalue weighted by molar-refractivity contribution is -0.119. The number of carbonyl (C=O) groups is 2. The first-order valence-electron chi connectivity index (χ1n) is 10.2. The summed E-state index contributed by atoms with van der Waals surface area (Å²) in [5, 5.41) is 8.22. The van der Waals surface area contributed by atoms with Gasteiger partial charge in [0.05, 0.1) is 18.3 Å². The maximum Gasteiger partial charge on any atom is 0.226 e. The molecule has 0 aliphatic carbocycles. The number of hydrogen-bond donors (Lipinski definition) is 2. The average Bonchev–Trinajstić information content (AvgIpc) is 3.19. The number of hydrogen-bond acceptors (Lipinski definition) is 5. The van der Waals surface area contributed by atoms with E-state index in [1.54, 1.807) is 0 Å². The maximum atomic E-state index is 12.2. The molecule has 0 saturated heterocycles. The molecule has 0 radical (unpaired) electrons. The van der Waals surface area contributed by atoms with Crippen LogP contribution in [0.2, 0.25) is 0 Å². The predicted octanol–water partition coefficient (Wildman–Crippen LogP) is 5.11. The quantitative estimate of drug-likeness (QED) is 0.456. The number of nitrogens with zero attached hydrogens (tertiary/aromatic N) is 1. The van der Waals surface area contributed by atoms with Crippen molar-refractivity contribution in [3.63, 3.8) is 0 Å². The molecule has 3 rings (SSSR count). The summed E-state index contributed by atoms with van der Waals surface area (Å²) in [6, 6.07) is 15.7. The van der Waals surface area contributed by atoms with Crippen molar-refractivity contribution in [2.24, 2.45) is 0 Å². The van der Waals surface area contributed by atoms with Crippen molar-refractivity contribution in [2.45, 2.75) is 39.7 Å². The van der Waals surface area contributed by atoms with E-state index in [-0.39, 0.29) is 17.9 Å². The maximum absolute atomic E-state index is 12.2. The zero-order chi connectivity index (χ0) is 22.2. The molecule has 1 atom stereocenters. The van der Waals surface area contributed by atoms with E-state index in [2.05, 4.69) is 15.6 Å². The fourth-order valence-electron chi connectivity index (χ4n) is 3.10. The molecule has 0 fully saturated rings. The van der Waals surface area contributed by atoms with Gasteiger partial charge in [0.25, 0.3) is 0 Å². The Hall–Kier alpha value is -3.19. The third kappa shape index (κ3) is 6.93. The van der Waals surface area contributed by atoms with Gasteiger partial charge >= 0.3 is 0 Å². The molecule has 6 nitrogen and oxygen atoms in total. The van der Waals surface area contributed by atoms with E-state index in [1.165, 1.54) is 18.3 Å². The smallest absolute Gasteiger partial charge is 0.226 e.